The number of anilines is 1. The van der Waals surface area contributed by atoms with E-state index in [2.05, 4.69) is 10.3 Å². The normalized spacial score (nSPS) is 17.5. The molecule has 1 aliphatic rings. The Morgan fingerprint density at radius 3 is 2.96 bits per heavy atom. The summed E-state index contributed by atoms with van der Waals surface area (Å²) in [5.41, 5.74) is 1.41. The molecule has 0 saturated carbocycles. The molecule has 2 aromatic rings. The predicted molar refractivity (Wildman–Crippen MR) is 93.5 cm³/mol. The first-order valence-electron chi connectivity index (χ1n) is 8.21. The van der Waals surface area contributed by atoms with Crippen LogP contribution in [0.2, 0.25) is 0 Å². The minimum atomic E-state index is -0.123. The van der Waals surface area contributed by atoms with Crippen LogP contribution in [0.1, 0.15) is 20.3 Å². The Balaban J connectivity index is 1.75. The number of hydrogen-bond acceptors (Lipinski definition) is 4. The molecule has 2 amide bonds. The van der Waals surface area contributed by atoms with Gasteiger partial charge in [-0.3, -0.25) is 4.98 Å². The number of likely N-dealkylation sites (tertiary alicyclic amines) is 1. The number of hydrogen-bond donors (Lipinski definition) is 1. The third kappa shape index (κ3) is 3.43. The molecule has 1 N–H and O–H groups in total. The van der Waals surface area contributed by atoms with Crippen LogP contribution in [0.25, 0.3) is 10.9 Å². The standard InChI is InChI=1S/C18H23N3O3/c1-12(2)24-13-8-10-21(11-13)18(22)20-15-6-7-16(23-3)14-5-4-9-19-17(14)15/h4-7,9,12-13H,8,10-11H2,1-3H3,(H,20,22)/t13-/m1/s1. The molecule has 2 heterocycles. The van der Waals surface area contributed by atoms with Crippen LogP contribution >= 0.6 is 0 Å². The highest BCUT2D eigenvalue weighted by molar-refractivity contribution is 6.01. The average molecular weight is 329 g/mol. The lowest BCUT2D eigenvalue weighted by molar-refractivity contribution is 0.0160. The summed E-state index contributed by atoms with van der Waals surface area (Å²) in [6.07, 6.45) is 2.86. The highest BCUT2D eigenvalue weighted by Crippen LogP contribution is 2.30. The van der Waals surface area contributed by atoms with Crippen LogP contribution < -0.4 is 10.1 Å². The van der Waals surface area contributed by atoms with Gasteiger partial charge in [-0.2, -0.15) is 0 Å². The minimum absolute atomic E-state index is 0.112. The van der Waals surface area contributed by atoms with Crippen LogP contribution in [-0.4, -0.2) is 48.3 Å². The summed E-state index contributed by atoms with van der Waals surface area (Å²) >= 11 is 0. The van der Waals surface area contributed by atoms with Gasteiger partial charge in [0.15, 0.2) is 0 Å². The Morgan fingerprint density at radius 1 is 1.38 bits per heavy atom. The number of amides is 2. The Labute approximate surface area is 141 Å². The number of carbonyl (C=O) groups excluding carboxylic acids is 1. The molecule has 1 aromatic heterocycles. The summed E-state index contributed by atoms with van der Waals surface area (Å²) in [5.74, 6) is 0.739. The van der Waals surface area contributed by atoms with Crippen molar-refractivity contribution in [1.29, 1.82) is 0 Å². The fourth-order valence-corrected chi connectivity index (χ4v) is 3.03. The number of nitrogens with one attached hydrogen (secondary N) is 1. The maximum Gasteiger partial charge on any atom is 0.321 e. The van der Waals surface area contributed by atoms with Gasteiger partial charge in [0.05, 0.1) is 30.5 Å². The zero-order valence-electron chi connectivity index (χ0n) is 14.3. The van der Waals surface area contributed by atoms with E-state index in [1.807, 2.05) is 38.1 Å². The van der Waals surface area contributed by atoms with E-state index in [4.69, 9.17) is 9.47 Å². The smallest absolute Gasteiger partial charge is 0.321 e. The number of methoxy groups -OCH3 is 1. The molecule has 0 radical (unpaired) electrons. The Bertz CT molecular complexity index is 733. The van der Waals surface area contributed by atoms with Gasteiger partial charge >= 0.3 is 6.03 Å². The second kappa shape index (κ2) is 7.05. The molecule has 0 unspecified atom stereocenters. The quantitative estimate of drug-likeness (QED) is 0.935. The van der Waals surface area contributed by atoms with E-state index >= 15 is 0 Å². The number of aromatic nitrogens is 1. The van der Waals surface area contributed by atoms with Crippen molar-refractivity contribution in [2.75, 3.05) is 25.5 Å². The lowest BCUT2D eigenvalue weighted by Gasteiger charge is -2.19. The highest BCUT2D eigenvalue weighted by Gasteiger charge is 2.27. The van der Waals surface area contributed by atoms with Crippen molar-refractivity contribution >= 4 is 22.6 Å². The van der Waals surface area contributed by atoms with Gasteiger partial charge in [-0.05, 0) is 44.5 Å². The lowest BCUT2D eigenvalue weighted by Crippen LogP contribution is -2.34. The van der Waals surface area contributed by atoms with Crippen LogP contribution in [0.3, 0.4) is 0 Å². The number of benzene rings is 1. The largest absolute Gasteiger partial charge is 0.496 e. The fourth-order valence-electron chi connectivity index (χ4n) is 3.03. The molecule has 0 spiro atoms. The van der Waals surface area contributed by atoms with E-state index in [-0.39, 0.29) is 18.2 Å². The van der Waals surface area contributed by atoms with Crippen molar-refractivity contribution in [2.45, 2.75) is 32.5 Å². The Hall–Kier alpha value is -2.34. The van der Waals surface area contributed by atoms with Crippen molar-refractivity contribution < 1.29 is 14.3 Å². The van der Waals surface area contributed by atoms with Crippen molar-refractivity contribution in [3.8, 4) is 5.75 Å². The van der Waals surface area contributed by atoms with Gasteiger partial charge in [0.1, 0.15) is 5.75 Å². The first-order chi connectivity index (χ1) is 11.6. The fraction of sp³-hybridized carbons (Fsp3) is 0.444. The third-order valence-corrected chi connectivity index (χ3v) is 4.09. The summed E-state index contributed by atoms with van der Waals surface area (Å²) < 4.78 is 11.2. The summed E-state index contributed by atoms with van der Waals surface area (Å²) in [6.45, 7) is 5.34. The molecule has 1 aliphatic heterocycles. The molecule has 128 valence electrons. The third-order valence-electron chi connectivity index (χ3n) is 4.09. The Morgan fingerprint density at radius 2 is 2.21 bits per heavy atom. The summed E-state index contributed by atoms with van der Waals surface area (Å²) in [4.78, 5) is 18.7. The first kappa shape index (κ1) is 16.5. The predicted octanol–water partition coefficient (Wildman–Crippen LogP) is 3.27. The maximum atomic E-state index is 12.5. The number of fused-ring (bicyclic) bond motifs is 1. The number of urea groups is 1. The molecule has 1 fully saturated rings. The number of nitrogens with zero attached hydrogens (tertiary/aromatic N) is 2. The van der Waals surface area contributed by atoms with Gasteiger partial charge in [0.25, 0.3) is 0 Å². The second-order valence-electron chi connectivity index (χ2n) is 6.19. The first-order valence-corrected chi connectivity index (χ1v) is 8.21. The zero-order chi connectivity index (χ0) is 17.1. The summed E-state index contributed by atoms with van der Waals surface area (Å²) in [6, 6.07) is 7.32. The molecule has 0 bridgehead atoms. The van der Waals surface area contributed by atoms with Gasteiger partial charge in [0.2, 0.25) is 0 Å². The van der Waals surface area contributed by atoms with E-state index in [1.54, 1.807) is 18.2 Å². The van der Waals surface area contributed by atoms with E-state index < -0.39 is 0 Å². The molecule has 1 saturated heterocycles. The van der Waals surface area contributed by atoms with Gasteiger partial charge in [-0.25, -0.2) is 4.79 Å². The van der Waals surface area contributed by atoms with Gasteiger partial charge in [0, 0.05) is 24.7 Å². The molecule has 3 rings (SSSR count). The monoisotopic (exact) mass is 329 g/mol. The molecule has 1 atom stereocenters. The van der Waals surface area contributed by atoms with E-state index in [1.165, 1.54) is 0 Å². The van der Waals surface area contributed by atoms with E-state index in [9.17, 15) is 4.79 Å². The molecule has 6 nitrogen and oxygen atoms in total. The molecule has 24 heavy (non-hydrogen) atoms. The summed E-state index contributed by atoms with van der Waals surface area (Å²) in [5, 5.41) is 3.84. The minimum Gasteiger partial charge on any atom is -0.496 e. The van der Waals surface area contributed by atoms with Gasteiger partial charge < -0.3 is 19.7 Å². The number of ether oxygens (including phenoxy) is 2. The SMILES string of the molecule is COc1ccc(NC(=O)N2CC[C@@H](OC(C)C)C2)c2ncccc12. The van der Waals surface area contributed by atoms with Crippen molar-refractivity contribution in [3.05, 3.63) is 30.5 Å². The number of pyridine rings is 1. The van der Waals surface area contributed by atoms with Crippen molar-refractivity contribution in [2.24, 2.45) is 0 Å². The maximum absolute atomic E-state index is 12.5. The summed E-state index contributed by atoms with van der Waals surface area (Å²) in [7, 11) is 1.62. The van der Waals surface area contributed by atoms with Gasteiger partial charge in [-0.1, -0.05) is 0 Å². The second-order valence-corrected chi connectivity index (χ2v) is 6.19. The molecule has 6 heteroatoms. The number of rotatable bonds is 4. The van der Waals surface area contributed by atoms with E-state index in [0.717, 1.165) is 23.1 Å². The zero-order valence-corrected chi connectivity index (χ0v) is 14.3. The lowest BCUT2D eigenvalue weighted by atomic mass is 10.1. The van der Waals surface area contributed by atoms with Crippen molar-refractivity contribution in [1.82, 2.24) is 9.88 Å². The van der Waals surface area contributed by atoms with Crippen LogP contribution in [0.5, 0.6) is 5.75 Å². The van der Waals surface area contributed by atoms with Gasteiger partial charge in [-0.15, -0.1) is 0 Å². The van der Waals surface area contributed by atoms with Crippen molar-refractivity contribution in [3.63, 3.8) is 0 Å². The topological polar surface area (TPSA) is 63.7 Å². The highest BCUT2D eigenvalue weighted by atomic mass is 16.5. The van der Waals surface area contributed by atoms with E-state index in [0.29, 0.717) is 18.8 Å². The van der Waals surface area contributed by atoms with Crippen LogP contribution in [0.15, 0.2) is 30.5 Å². The molecular formula is C18H23N3O3. The van der Waals surface area contributed by atoms with Crippen LogP contribution in [0, 0.1) is 0 Å². The van der Waals surface area contributed by atoms with Crippen LogP contribution in [-0.2, 0) is 4.74 Å². The number of carbonyl (C=O) groups is 1. The Kier molecular flexibility index (Phi) is 4.85. The van der Waals surface area contributed by atoms with Crippen LogP contribution in [0.4, 0.5) is 10.5 Å². The molecule has 0 aliphatic carbocycles. The molecular weight excluding hydrogens is 306 g/mol. The molecule has 1 aromatic carbocycles. The average Bonchev–Trinajstić information content (AvgIpc) is 3.03.